The molecule has 0 bridgehead atoms. The van der Waals surface area contributed by atoms with Gasteiger partial charge in [-0.15, -0.1) is 0 Å². The highest BCUT2D eigenvalue weighted by atomic mass is 16.5. The van der Waals surface area contributed by atoms with Gasteiger partial charge in [0.25, 0.3) is 0 Å². The molecule has 5 nitrogen and oxygen atoms in total. The van der Waals surface area contributed by atoms with E-state index in [0.717, 1.165) is 37.3 Å². The molecule has 0 aliphatic carbocycles. The number of carbonyl (C=O) groups is 1. The van der Waals surface area contributed by atoms with Crippen LogP contribution in [0.5, 0.6) is 11.6 Å². The minimum atomic E-state index is -0.0562. The van der Waals surface area contributed by atoms with E-state index < -0.39 is 0 Å². The molecule has 1 aliphatic heterocycles. The molecule has 1 fully saturated rings. The molecule has 1 aliphatic rings. The smallest absolute Gasteiger partial charge is 0.222 e. The Hall–Kier alpha value is -2.43. The van der Waals surface area contributed by atoms with Crippen molar-refractivity contribution in [1.82, 2.24) is 14.9 Å². The van der Waals surface area contributed by atoms with Crippen molar-refractivity contribution in [3.05, 3.63) is 47.9 Å². The second-order valence-corrected chi connectivity index (χ2v) is 5.84. The molecular weight excluding hydrogens is 290 g/mol. The third-order valence-electron chi connectivity index (χ3n) is 4.02. The van der Waals surface area contributed by atoms with E-state index in [2.05, 4.69) is 9.97 Å². The van der Waals surface area contributed by atoms with Gasteiger partial charge >= 0.3 is 0 Å². The SMILES string of the molecule is CC(=O)N1CCCC[C@H]1c1nc(C)cc(Oc2ccccc2)n1. The monoisotopic (exact) mass is 311 g/mol. The molecule has 3 rings (SSSR count). The lowest BCUT2D eigenvalue weighted by Crippen LogP contribution is -2.37. The highest BCUT2D eigenvalue weighted by Crippen LogP contribution is 2.30. The Morgan fingerprint density at radius 3 is 2.74 bits per heavy atom. The fourth-order valence-electron chi connectivity index (χ4n) is 2.95. The van der Waals surface area contributed by atoms with E-state index in [9.17, 15) is 4.79 Å². The first-order valence-corrected chi connectivity index (χ1v) is 7.99. The van der Waals surface area contributed by atoms with Gasteiger partial charge in [-0.3, -0.25) is 4.79 Å². The number of aromatic nitrogens is 2. The lowest BCUT2D eigenvalue weighted by Gasteiger charge is -2.34. The Labute approximate surface area is 136 Å². The number of piperidine rings is 1. The lowest BCUT2D eigenvalue weighted by atomic mass is 10.0. The lowest BCUT2D eigenvalue weighted by molar-refractivity contribution is -0.132. The van der Waals surface area contributed by atoms with Gasteiger partial charge in [-0.2, -0.15) is 4.98 Å². The minimum Gasteiger partial charge on any atom is -0.439 e. The van der Waals surface area contributed by atoms with E-state index in [1.165, 1.54) is 0 Å². The first-order chi connectivity index (χ1) is 11.1. The number of benzene rings is 1. The first kappa shape index (κ1) is 15.5. The Morgan fingerprint density at radius 2 is 2.00 bits per heavy atom. The van der Waals surface area contributed by atoms with Crippen LogP contribution in [-0.4, -0.2) is 27.3 Å². The van der Waals surface area contributed by atoms with E-state index in [0.29, 0.717) is 11.7 Å². The van der Waals surface area contributed by atoms with Crippen LogP contribution in [0.15, 0.2) is 36.4 Å². The van der Waals surface area contributed by atoms with Gasteiger partial charge in [0.05, 0.1) is 6.04 Å². The number of rotatable bonds is 3. The van der Waals surface area contributed by atoms with Crippen LogP contribution in [0.25, 0.3) is 0 Å². The van der Waals surface area contributed by atoms with Crippen LogP contribution in [0.3, 0.4) is 0 Å². The van der Waals surface area contributed by atoms with Crippen molar-refractivity contribution in [3.8, 4) is 11.6 Å². The molecule has 5 heteroatoms. The standard InChI is InChI=1S/C18H21N3O2/c1-13-12-17(23-15-8-4-3-5-9-15)20-18(19-13)16-10-6-7-11-21(16)14(2)22/h3-5,8-9,12,16H,6-7,10-11H2,1-2H3/t16-/m0/s1. The van der Waals surface area contributed by atoms with Gasteiger partial charge in [0.15, 0.2) is 5.82 Å². The molecule has 1 aromatic heterocycles. The van der Waals surface area contributed by atoms with Gasteiger partial charge in [0.1, 0.15) is 5.75 Å². The Balaban J connectivity index is 1.89. The molecule has 1 atom stereocenters. The summed E-state index contributed by atoms with van der Waals surface area (Å²) >= 11 is 0. The zero-order valence-corrected chi connectivity index (χ0v) is 13.5. The van der Waals surface area contributed by atoms with Crippen molar-refractivity contribution in [3.63, 3.8) is 0 Å². The fraction of sp³-hybridized carbons (Fsp3) is 0.389. The van der Waals surface area contributed by atoms with Gasteiger partial charge in [-0.05, 0) is 38.3 Å². The Kier molecular flexibility index (Phi) is 4.55. The summed E-state index contributed by atoms with van der Waals surface area (Å²) in [5.41, 5.74) is 0.843. The fourth-order valence-corrected chi connectivity index (χ4v) is 2.95. The number of carbonyl (C=O) groups excluding carboxylic acids is 1. The molecule has 1 saturated heterocycles. The summed E-state index contributed by atoms with van der Waals surface area (Å²) in [5, 5.41) is 0. The average molecular weight is 311 g/mol. The number of likely N-dealkylation sites (tertiary alicyclic amines) is 1. The topological polar surface area (TPSA) is 55.3 Å². The highest BCUT2D eigenvalue weighted by Gasteiger charge is 2.28. The summed E-state index contributed by atoms with van der Waals surface area (Å²) in [6.07, 6.45) is 3.02. The van der Waals surface area contributed by atoms with Gasteiger partial charge in [-0.1, -0.05) is 18.2 Å². The second kappa shape index (κ2) is 6.77. The van der Waals surface area contributed by atoms with Crippen LogP contribution in [0.1, 0.15) is 43.7 Å². The average Bonchev–Trinajstić information content (AvgIpc) is 2.55. The zero-order chi connectivity index (χ0) is 16.2. The van der Waals surface area contributed by atoms with Crippen LogP contribution >= 0.6 is 0 Å². The third kappa shape index (κ3) is 3.67. The number of para-hydroxylation sites is 1. The molecule has 0 unspecified atom stereocenters. The van der Waals surface area contributed by atoms with Crippen LogP contribution in [0.2, 0.25) is 0 Å². The summed E-state index contributed by atoms with van der Waals surface area (Å²) in [4.78, 5) is 22.9. The summed E-state index contributed by atoms with van der Waals surface area (Å²) in [6.45, 7) is 4.30. The molecular formula is C18H21N3O2. The van der Waals surface area contributed by atoms with E-state index >= 15 is 0 Å². The van der Waals surface area contributed by atoms with Gasteiger partial charge in [0.2, 0.25) is 11.8 Å². The molecule has 2 heterocycles. The Morgan fingerprint density at radius 1 is 1.22 bits per heavy atom. The van der Waals surface area contributed by atoms with Crippen molar-refractivity contribution in [2.24, 2.45) is 0 Å². The number of amides is 1. The quantitative estimate of drug-likeness (QED) is 0.868. The van der Waals surface area contributed by atoms with Crippen LogP contribution in [-0.2, 0) is 4.79 Å². The number of aryl methyl sites for hydroxylation is 1. The largest absolute Gasteiger partial charge is 0.439 e. The van der Waals surface area contributed by atoms with E-state index in [1.54, 1.807) is 6.92 Å². The molecule has 1 aromatic carbocycles. The minimum absolute atomic E-state index is 0.0562. The van der Waals surface area contributed by atoms with Crippen molar-refractivity contribution >= 4 is 5.91 Å². The predicted molar refractivity (Wildman–Crippen MR) is 87.3 cm³/mol. The Bertz CT molecular complexity index is 688. The van der Waals surface area contributed by atoms with Crippen LogP contribution in [0.4, 0.5) is 0 Å². The van der Waals surface area contributed by atoms with E-state index in [4.69, 9.17) is 4.74 Å². The molecule has 120 valence electrons. The summed E-state index contributed by atoms with van der Waals surface area (Å²) in [7, 11) is 0. The summed E-state index contributed by atoms with van der Waals surface area (Å²) in [6, 6.07) is 11.3. The van der Waals surface area contributed by atoms with Crippen molar-refractivity contribution in [2.45, 2.75) is 39.2 Å². The predicted octanol–water partition coefficient (Wildman–Crippen LogP) is 3.65. The number of hydrogen-bond acceptors (Lipinski definition) is 4. The maximum Gasteiger partial charge on any atom is 0.222 e. The first-order valence-electron chi connectivity index (χ1n) is 7.99. The molecule has 23 heavy (non-hydrogen) atoms. The van der Waals surface area contributed by atoms with Crippen molar-refractivity contribution < 1.29 is 9.53 Å². The van der Waals surface area contributed by atoms with Crippen molar-refractivity contribution in [2.75, 3.05) is 6.54 Å². The van der Waals surface area contributed by atoms with Crippen LogP contribution in [0, 0.1) is 6.92 Å². The molecule has 1 amide bonds. The number of hydrogen-bond donors (Lipinski definition) is 0. The normalized spacial score (nSPS) is 17.8. The summed E-state index contributed by atoms with van der Waals surface area (Å²) in [5.74, 6) is 2.01. The maximum atomic E-state index is 11.9. The van der Waals surface area contributed by atoms with Gasteiger partial charge in [0, 0.05) is 25.2 Å². The molecule has 0 radical (unpaired) electrons. The highest BCUT2D eigenvalue weighted by molar-refractivity contribution is 5.73. The number of ether oxygens (including phenoxy) is 1. The maximum absolute atomic E-state index is 11.9. The van der Waals surface area contributed by atoms with Crippen LogP contribution < -0.4 is 4.74 Å². The molecule has 2 aromatic rings. The summed E-state index contributed by atoms with van der Waals surface area (Å²) < 4.78 is 5.83. The third-order valence-corrected chi connectivity index (χ3v) is 4.02. The number of nitrogens with zero attached hydrogens (tertiary/aromatic N) is 3. The van der Waals surface area contributed by atoms with Gasteiger partial charge < -0.3 is 9.64 Å². The van der Waals surface area contributed by atoms with E-state index in [1.807, 2.05) is 48.2 Å². The van der Waals surface area contributed by atoms with E-state index in [-0.39, 0.29) is 11.9 Å². The zero-order valence-electron chi connectivity index (χ0n) is 13.5. The second-order valence-electron chi connectivity index (χ2n) is 5.84. The van der Waals surface area contributed by atoms with Crippen molar-refractivity contribution in [1.29, 1.82) is 0 Å². The molecule has 0 N–H and O–H groups in total. The molecule has 0 spiro atoms. The molecule has 0 saturated carbocycles. The van der Waals surface area contributed by atoms with Gasteiger partial charge in [-0.25, -0.2) is 4.98 Å².